The summed E-state index contributed by atoms with van der Waals surface area (Å²) in [6, 6.07) is 9.58. The Labute approximate surface area is 144 Å². The Kier molecular flexibility index (Phi) is 6.66. The third-order valence-corrected chi connectivity index (χ3v) is 4.69. The maximum Gasteiger partial charge on any atom is 0.338 e. The molecule has 0 atom stereocenters. The number of carbonyl (C=O) groups is 1. The van der Waals surface area contributed by atoms with E-state index >= 15 is 0 Å². The molecule has 130 valence electrons. The van der Waals surface area contributed by atoms with Gasteiger partial charge in [0.05, 0.1) is 23.7 Å². The van der Waals surface area contributed by atoms with Gasteiger partial charge in [0.25, 0.3) is 0 Å². The number of nitriles is 1. The fourth-order valence-corrected chi connectivity index (χ4v) is 3.28. The molecule has 1 aromatic carbocycles. The van der Waals surface area contributed by atoms with Crippen molar-refractivity contribution < 1.29 is 14.3 Å². The van der Waals surface area contributed by atoms with Gasteiger partial charge >= 0.3 is 5.97 Å². The molecular formula is C20H27NO3. The summed E-state index contributed by atoms with van der Waals surface area (Å²) in [5, 5.41) is 9.44. The van der Waals surface area contributed by atoms with Gasteiger partial charge in [-0.15, -0.1) is 0 Å². The smallest absolute Gasteiger partial charge is 0.338 e. The summed E-state index contributed by atoms with van der Waals surface area (Å²) in [6.07, 6.45) is 6.01. The molecule has 1 fully saturated rings. The van der Waals surface area contributed by atoms with E-state index in [2.05, 4.69) is 19.9 Å². The Hall–Kier alpha value is -2.02. The molecule has 0 heterocycles. The second kappa shape index (κ2) is 8.73. The second-order valence-corrected chi connectivity index (χ2v) is 6.62. The normalized spacial score (nSPS) is 23.3. The van der Waals surface area contributed by atoms with Gasteiger partial charge in [0.15, 0.2) is 0 Å². The van der Waals surface area contributed by atoms with E-state index in [-0.39, 0.29) is 17.5 Å². The van der Waals surface area contributed by atoms with Crippen LogP contribution < -0.4 is 4.74 Å². The molecule has 0 bridgehead atoms. The minimum Gasteiger partial charge on any atom is -0.494 e. The summed E-state index contributed by atoms with van der Waals surface area (Å²) >= 11 is 0. The maximum absolute atomic E-state index is 12.3. The molecule has 0 spiro atoms. The van der Waals surface area contributed by atoms with Gasteiger partial charge in [-0.05, 0) is 62.8 Å². The first-order valence-corrected chi connectivity index (χ1v) is 8.97. The molecule has 0 unspecified atom stereocenters. The minimum absolute atomic E-state index is 0.0770. The number of rotatable bonds is 7. The molecule has 0 radical (unpaired) electrons. The number of hydrogen-bond donors (Lipinski definition) is 0. The van der Waals surface area contributed by atoms with Gasteiger partial charge in [-0.25, -0.2) is 4.79 Å². The number of benzene rings is 1. The average Bonchev–Trinajstić information content (AvgIpc) is 2.62. The van der Waals surface area contributed by atoms with Crippen molar-refractivity contribution >= 4 is 5.97 Å². The molecule has 2 rings (SSSR count). The lowest BCUT2D eigenvalue weighted by Crippen LogP contribution is -2.31. The molecule has 1 aliphatic carbocycles. The third kappa shape index (κ3) is 4.74. The molecular weight excluding hydrogens is 302 g/mol. The molecule has 4 nitrogen and oxygen atoms in total. The summed E-state index contributed by atoms with van der Waals surface area (Å²) in [5.74, 6) is 0.478. The lowest BCUT2D eigenvalue weighted by Gasteiger charge is -2.34. The Morgan fingerprint density at radius 2 is 1.88 bits per heavy atom. The molecule has 1 saturated carbocycles. The molecule has 0 aromatic heterocycles. The first-order valence-electron chi connectivity index (χ1n) is 8.97. The number of nitrogens with zero attached hydrogens (tertiary/aromatic N) is 1. The van der Waals surface area contributed by atoms with Crippen molar-refractivity contribution in [1.29, 1.82) is 5.26 Å². The molecule has 0 saturated heterocycles. The lowest BCUT2D eigenvalue weighted by molar-refractivity contribution is 0.0106. The number of esters is 1. The molecule has 0 aliphatic heterocycles. The third-order valence-electron chi connectivity index (χ3n) is 4.69. The van der Waals surface area contributed by atoms with Gasteiger partial charge in [-0.1, -0.05) is 20.3 Å². The molecule has 4 heteroatoms. The quantitative estimate of drug-likeness (QED) is 0.669. The van der Waals surface area contributed by atoms with E-state index in [4.69, 9.17) is 9.47 Å². The summed E-state index contributed by atoms with van der Waals surface area (Å²) < 4.78 is 11.1. The van der Waals surface area contributed by atoms with Crippen LogP contribution in [0, 0.1) is 16.7 Å². The van der Waals surface area contributed by atoms with Crippen LogP contribution in [0.2, 0.25) is 0 Å². The summed E-state index contributed by atoms with van der Waals surface area (Å²) in [7, 11) is 0. The standard InChI is InChI=1S/C20H27NO3/c1-3-11-20(15-21)12-9-18(10-13-20)24-19(22)16-5-7-17(8-6-16)23-14-4-2/h5-8,18H,3-4,9-14H2,1-2H3. The first-order chi connectivity index (χ1) is 11.6. The van der Waals surface area contributed by atoms with Crippen molar-refractivity contribution in [2.24, 2.45) is 5.41 Å². The van der Waals surface area contributed by atoms with Crippen molar-refractivity contribution in [3.05, 3.63) is 29.8 Å². The number of hydrogen-bond acceptors (Lipinski definition) is 4. The Morgan fingerprint density at radius 1 is 1.21 bits per heavy atom. The van der Waals surface area contributed by atoms with E-state index in [1.807, 2.05) is 0 Å². The highest BCUT2D eigenvalue weighted by Crippen LogP contribution is 2.40. The lowest BCUT2D eigenvalue weighted by atomic mass is 9.71. The van der Waals surface area contributed by atoms with Crippen LogP contribution in [0.5, 0.6) is 5.75 Å². The largest absolute Gasteiger partial charge is 0.494 e. The minimum atomic E-state index is -0.290. The van der Waals surface area contributed by atoms with E-state index in [9.17, 15) is 10.1 Å². The first kappa shape index (κ1) is 18.3. The van der Waals surface area contributed by atoms with E-state index in [0.717, 1.165) is 50.7 Å². The monoisotopic (exact) mass is 329 g/mol. The van der Waals surface area contributed by atoms with E-state index in [1.54, 1.807) is 24.3 Å². The van der Waals surface area contributed by atoms with Crippen LogP contribution in [0.15, 0.2) is 24.3 Å². The highest BCUT2D eigenvalue weighted by atomic mass is 16.5. The van der Waals surface area contributed by atoms with Crippen molar-refractivity contribution in [1.82, 2.24) is 0 Å². The molecule has 1 aliphatic rings. The SMILES string of the molecule is CCCOc1ccc(C(=O)OC2CCC(C#N)(CCC)CC2)cc1. The highest BCUT2D eigenvalue weighted by molar-refractivity contribution is 5.89. The fourth-order valence-electron chi connectivity index (χ4n) is 3.28. The van der Waals surface area contributed by atoms with Gasteiger partial charge in [-0.3, -0.25) is 0 Å². The Bertz CT molecular complexity index is 566. The van der Waals surface area contributed by atoms with E-state index in [0.29, 0.717) is 12.2 Å². The molecule has 0 amide bonds. The molecule has 1 aromatic rings. The summed E-state index contributed by atoms with van der Waals surface area (Å²) in [6.45, 7) is 4.83. The van der Waals surface area contributed by atoms with Crippen LogP contribution in [-0.2, 0) is 4.74 Å². The predicted molar refractivity (Wildman–Crippen MR) is 92.9 cm³/mol. The molecule has 24 heavy (non-hydrogen) atoms. The van der Waals surface area contributed by atoms with Crippen LogP contribution in [-0.4, -0.2) is 18.7 Å². The second-order valence-electron chi connectivity index (χ2n) is 6.62. The summed E-state index contributed by atoms with van der Waals surface area (Å²) in [5.41, 5.74) is 0.333. The van der Waals surface area contributed by atoms with Gasteiger partial charge < -0.3 is 9.47 Å². The summed E-state index contributed by atoms with van der Waals surface area (Å²) in [4.78, 5) is 12.3. The zero-order valence-corrected chi connectivity index (χ0v) is 14.7. The van der Waals surface area contributed by atoms with E-state index in [1.165, 1.54) is 0 Å². The van der Waals surface area contributed by atoms with Crippen LogP contribution >= 0.6 is 0 Å². The van der Waals surface area contributed by atoms with E-state index < -0.39 is 0 Å². The van der Waals surface area contributed by atoms with Crippen molar-refractivity contribution in [3.8, 4) is 11.8 Å². The van der Waals surface area contributed by atoms with Gasteiger partial charge in [-0.2, -0.15) is 5.26 Å². The van der Waals surface area contributed by atoms with Crippen LogP contribution in [0.4, 0.5) is 0 Å². The number of carbonyl (C=O) groups excluding carboxylic acids is 1. The number of ether oxygens (including phenoxy) is 2. The highest BCUT2D eigenvalue weighted by Gasteiger charge is 2.36. The van der Waals surface area contributed by atoms with Crippen molar-refractivity contribution in [2.75, 3.05) is 6.61 Å². The predicted octanol–water partition coefficient (Wildman–Crippen LogP) is 4.88. The van der Waals surface area contributed by atoms with Crippen molar-refractivity contribution in [3.63, 3.8) is 0 Å². The zero-order chi connectivity index (χ0) is 17.4. The average molecular weight is 329 g/mol. The zero-order valence-electron chi connectivity index (χ0n) is 14.7. The van der Waals surface area contributed by atoms with Gasteiger partial charge in [0, 0.05) is 0 Å². The Morgan fingerprint density at radius 3 is 2.42 bits per heavy atom. The topological polar surface area (TPSA) is 59.3 Å². The van der Waals surface area contributed by atoms with Crippen molar-refractivity contribution in [2.45, 2.75) is 64.9 Å². The molecule has 0 N–H and O–H groups in total. The van der Waals surface area contributed by atoms with Gasteiger partial charge in [0.1, 0.15) is 11.9 Å². The maximum atomic E-state index is 12.3. The van der Waals surface area contributed by atoms with Gasteiger partial charge in [0.2, 0.25) is 0 Å². The van der Waals surface area contributed by atoms with Crippen LogP contribution in [0.1, 0.15) is 69.2 Å². The van der Waals surface area contributed by atoms with Crippen LogP contribution in [0.3, 0.4) is 0 Å². The van der Waals surface area contributed by atoms with Crippen LogP contribution in [0.25, 0.3) is 0 Å². The Balaban J connectivity index is 1.86. The fraction of sp³-hybridized carbons (Fsp3) is 0.600.